The van der Waals surface area contributed by atoms with Gasteiger partial charge < -0.3 is 0 Å². The van der Waals surface area contributed by atoms with Crippen molar-refractivity contribution in [2.75, 3.05) is 5.33 Å². The van der Waals surface area contributed by atoms with E-state index in [4.69, 9.17) is 5.26 Å². The van der Waals surface area contributed by atoms with Crippen molar-refractivity contribution in [1.29, 1.82) is 5.26 Å². The van der Waals surface area contributed by atoms with Crippen molar-refractivity contribution in [3.8, 4) is 6.07 Å². The summed E-state index contributed by atoms with van der Waals surface area (Å²) in [6.07, 6.45) is -4.90. The zero-order valence-electron chi connectivity index (χ0n) is 8.11. The monoisotopic (exact) mass is 309 g/mol. The Morgan fingerprint density at radius 1 is 1.41 bits per heavy atom. The molecular formula is C10H4BrF4NO. The fourth-order valence-electron chi connectivity index (χ4n) is 1.19. The Bertz CT molecular complexity index is 504. The molecule has 17 heavy (non-hydrogen) atoms. The number of carbonyl (C=O) groups excluding carboxylic acids is 1. The van der Waals surface area contributed by atoms with Crippen LogP contribution in [0.1, 0.15) is 21.5 Å². The molecule has 2 nitrogen and oxygen atoms in total. The first-order valence-corrected chi connectivity index (χ1v) is 5.33. The lowest BCUT2D eigenvalue weighted by atomic mass is 10.0. The normalized spacial score (nSPS) is 11.1. The van der Waals surface area contributed by atoms with Crippen molar-refractivity contribution in [1.82, 2.24) is 0 Å². The molecule has 0 saturated carbocycles. The van der Waals surface area contributed by atoms with Crippen molar-refractivity contribution >= 4 is 21.7 Å². The molecule has 0 amide bonds. The molecule has 1 rings (SSSR count). The van der Waals surface area contributed by atoms with Crippen LogP contribution in [0.4, 0.5) is 17.6 Å². The van der Waals surface area contributed by atoms with Crippen molar-refractivity contribution in [2.24, 2.45) is 0 Å². The van der Waals surface area contributed by atoms with Crippen molar-refractivity contribution in [2.45, 2.75) is 6.18 Å². The summed E-state index contributed by atoms with van der Waals surface area (Å²) >= 11 is 2.77. The Kier molecular flexibility index (Phi) is 3.88. The van der Waals surface area contributed by atoms with Crippen LogP contribution in [0.2, 0.25) is 0 Å². The minimum Gasteiger partial charge on any atom is -0.293 e. The van der Waals surface area contributed by atoms with E-state index in [0.29, 0.717) is 12.1 Å². The molecule has 1 aromatic carbocycles. The summed E-state index contributed by atoms with van der Waals surface area (Å²) in [7, 11) is 0. The van der Waals surface area contributed by atoms with Gasteiger partial charge in [0.1, 0.15) is 5.82 Å². The van der Waals surface area contributed by atoms with Gasteiger partial charge in [-0.15, -0.1) is 0 Å². The van der Waals surface area contributed by atoms with Crippen molar-refractivity contribution in [3.05, 3.63) is 34.6 Å². The van der Waals surface area contributed by atoms with E-state index in [-0.39, 0.29) is 5.33 Å². The van der Waals surface area contributed by atoms with E-state index in [2.05, 4.69) is 15.9 Å². The van der Waals surface area contributed by atoms with E-state index in [1.54, 1.807) is 0 Å². The molecule has 0 spiro atoms. The third-order valence-electron chi connectivity index (χ3n) is 1.95. The van der Waals surface area contributed by atoms with E-state index in [0.717, 1.165) is 0 Å². The number of nitriles is 1. The summed E-state index contributed by atoms with van der Waals surface area (Å²) in [5.74, 6) is -2.28. The van der Waals surface area contributed by atoms with Crippen LogP contribution in [-0.2, 0) is 6.18 Å². The molecular weight excluding hydrogens is 306 g/mol. The van der Waals surface area contributed by atoms with Crippen LogP contribution in [0.15, 0.2) is 12.1 Å². The van der Waals surface area contributed by atoms with Gasteiger partial charge in [0.2, 0.25) is 0 Å². The summed E-state index contributed by atoms with van der Waals surface area (Å²) < 4.78 is 50.2. The molecule has 0 aliphatic heterocycles. The number of ketones is 1. The Balaban J connectivity index is 3.50. The molecule has 0 saturated heterocycles. The number of benzene rings is 1. The largest absolute Gasteiger partial charge is 0.419 e. The Labute approximate surface area is 102 Å². The fourth-order valence-corrected chi connectivity index (χ4v) is 1.49. The maximum Gasteiger partial charge on any atom is 0.419 e. The van der Waals surface area contributed by atoms with E-state index in [9.17, 15) is 22.4 Å². The van der Waals surface area contributed by atoms with Gasteiger partial charge in [-0.25, -0.2) is 4.39 Å². The molecule has 0 radical (unpaired) electrons. The molecule has 0 heterocycles. The van der Waals surface area contributed by atoms with Crippen LogP contribution in [-0.4, -0.2) is 11.1 Å². The van der Waals surface area contributed by atoms with E-state index < -0.39 is 34.5 Å². The van der Waals surface area contributed by atoms with Crippen LogP contribution in [0.25, 0.3) is 0 Å². The lowest BCUT2D eigenvalue weighted by molar-refractivity contribution is -0.140. The second-order valence-electron chi connectivity index (χ2n) is 3.04. The molecule has 0 bridgehead atoms. The zero-order valence-corrected chi connectivity index (χ0v) is 9.69. The quantitative estimate of drug-likeness (QED) is 0.478. The van der Waals surface area contributed by atoms with Gasteiger partial charge in [0.05, 0.1) is 22.5 Å². The molecule has 0 aliphatic rings. The number of rotatable bonds is 2. The fraction of sp³-hybridized carbons (Fsp3) is 0.200. The minimum atomic E-state index is -4.90. The molecule has 0 aliphatic carbocycles. The lowest BCUT2D eigenvalue weighted by Crippen LogP contribution is -2.12. The highest BCUT2D eigenvalue weighted by molar-refractivity contribution is 9.09. The lowest BCUT2D eigenvalue weighted by Gasteiger charge is -2.10. The van der Waals surface area contributed by atoms with Gasteiger partial charge in [-0.05, 0) is 12.1 Å². The van der Waals surface area contributed by atoms with Crippen LogP contribution in [0, 0.1) is 17.1 Å². The SMILES string of the molecule is N#Cc1cc(F)c(C(F)(F)F)cc1C(=O)CBr. The highest BCUT2D eigenvalue weighted by atomic mass is 79.9. The molecule has 90 valence electrons. The number of hydrogen-bond acceptors (Lipinski definition) is 2. The molecule has 1 aromatic rings. The summed E-state index contributed by atoms with van der Waals surface area (Å²) in [6.45, 7) is 0. The number of nitrogens with zero attached hydrogens (tertiary/aromatic N) is 1. The maximum atomic E-state index is 13.1. The molecule has 0 unspecified atom stereocenters. The first kappa shape index (κ1) is 13.6. The molecule has 0 N–H and O–H groups in total. The van der Waals surface area contributed by atoms with Gasteiger partial charge in [-0.3, -0.25) is 4.79 Å². The predicted octanol–water partition coefficient (Wildman–Crippen LogP) is 3.29. The van der Waals surface area contributed by atoms with E-state index >= 15 is 0 Å². The highest BCUT2D eigenvalue weighted by Gasteiger charge is 2.35. The van der Waals surface area contributed by atoms with Crippen LogP contribution in [0.3, 0.4) is 0 Å². The first-order chi connectivity index (χ1) is 7.81. The molecule has 7 heteroatoms. The van der Waals surface area contributed by atoms with Crippen molar-refractivity contribution in [3.63, 3.8) is 0 Å². The maximum absolute atomic E-state index is 13.1. The highest BCUT2D eigenvalue weighted by Crippen LogP contribution is 2.33. The zero-order chi connectivity index (χ0) is 13.2. The van der Waals surface area contributed by atoms with E-state index in [1.165, 1.54) is 6.07 Å². The molecule has 0 fully saturated rings. The molecule has 0 atom stereocenters. The number of halogens is 5. The second-order valence-corrected chi connectivity index (χ2v) is 3.60. The van der Waals surface area contributed by atoms with Gasteiger partial charge in [-0.2, -0.15) is 18.4 Å². The van der Waals surface area contributed by atoms with Gasteiger partial charge in [0, 0.05) is 5.56 Å². The van der Waals surface area contributed by atoms with Gasteiger partial charge in [-0.1, -0.05) is 15.9 Å². The van der Waals surface area contributed by atoms with Gasteiger partial charge in [0.15, 0.2) is 5.78 Å². The Hall–Kier alpha value is -1.42. The summed E-state index contributed by atoms with van der Waals surface area (Å²) in [5, 5.41) is 8.37. The van der Waals surface area contributed by atoms with Crippen LogP contribution >= 0.6 is 15.9 Å². The summed E-state index contributed by atoms with van der Waals surface area (Å²) in [4.78, 5) is 11.3. The third-order valence-corrected chi connectivity index (χ3v) is 2.46. The Morgan fingerprint density at radius 3 is 2.41 bits per heavy atom. The van der Waals surface area contributed by atoms with Gasteiger partial charge in [0.25, 0.3) is 0 Å². The number of alkyl halides is 4. The summed E-state index contributed by atoms with van der Waals surface area (Å²) in [5.41, 5.74) is -2.42. The summed E-state index contributed by atoms with van der Waals surface area (Å²) in [6, 6.07) is 2.26. The van der Waals surface area contributed by atoms with E-state index in [1.807, 2.05) is 0 Å². The first-order valence-electron chi connectivity index (χ1n) is 4.21. The standard InChI is InChI=1S/C10H4BrF4NO/c11-3-9(17)6-2-7(10(13,14)15)8(12)1-5(6)4-16/h1-2H,3H2. The third kappa shape index (κ3) is 2.82. The van der Waals surface area contributed by atoms with Gasteiger partial charge >= 0.3 is 6.18 Å². The van der Waals surface area contributed by atoms with Crippen LogP contribution in [0.5, 0.6) is 0 Å². The average Bonchev–Trinajstić information content (AvgIpc) is 2.25. The smallest absolute Gasteiger partial charge is 0.293 e. The van der Waals surface area contributed by atoms with Crippen molar-refractivity contribution < 1.29 is 22.4 Å². The number of carbonyl (C=O) groups is 1. The second kappa shape index (κ2) is 4.84. The predicted molar refractivity (Wildman–Crippen MR) is 54.2 cm³/mol. The minimum absolute atomic E-state index is 0.245. The average molecular weight is 310 g/mol. The molecule has 0 aromatic heterocycles. The number of Topliss-reactive ketones (excluding diaryl/α,β-unsaturated/α-hetero) is 1. The number of hydrogen-bond donors (Lipinski definition) is 0. The van der Waals surface area contributed by atoms with Crippen LogP contribution < -0.4 is 0 Å². The Morgan fingerprint density at radius 2 is 2.00 bits per heavy atom. The topological polar surface area (TPSA) is 40.9 Å².